The first-order chi connectivity index (χ1) is 16.8. The predicted octanol–water partition coefficient (Wildman–Crippen LogP) is 6.19. The molecule has 5 nitrogen and oxygen atoms in total. The summed E-state index contributed by atoms with van der Waals surface area (Å²) < 4.78 is 30.6. The summed E-state index contributed by atoms with van der Waals surface area (Å²) in [4.78, 5) is 15.5. The fraction of sp³-hybridized carbons (Fsp3) is 0.207. The maximum atomic E-state index is 13.6. The van der Waals surface area contributed by atoms with Gasteiger partial charge in [0.15, 0.2) is 0 Å². The molecule has 0 N–H and O–H groups in total. The molecule has 1 aliphatic heterocycles. The number of carbonyl (C=O) groups excluding carboxylic acids is 1. The summed E-state index contributed by atoms with van der Waals surface area (Å²) in [5.74, 6) is -0.149. The maximum absolute atomic E-state index is 13.6. The lowest BCUT2D eigenvalue weighted by Crippen LogP contribution is -2.26. The Labute approximate surface area is 207 Å². The number of benzene rings is 3. The van der Waals surface area contributed by atoms with Crippen LogP contribution >= 0.6 is 0 Å². The van der Waals surface area contributed by atoms with E-state index in [1.807, 2.05) is 81.4 Å². The van der Waals surface area contributed by atoms with Crippen LogP contribution in [0.25, 0.3) is 6.08 Å². The molecule has 0 unspecified atom stereocenters. The molecule has 0 spiro atoms. The third kappa shape index (κ3) is 5.45. The van der Waals surface area contributed by atoms with Gasteiger partial charge in [-0.3, -0.25) is 13.9 Å². The van der Waals surface area contributed by atoms with E-state index in [0.717, 1.165) is 33.6 Å². The van der Waals surface area contributed by atoms with Crippen LogP contribution in [0.5, 0.6) is 0 Å². The summed E-state index contributed by atoms with van der Waals surface area (Å²) in [6.45, 7) is 5.79. The van der Waals surface area contributed by atoms with E-state index in [1.165, 1.54) is 12.1 Å². The van der Waals surface area contributed by atoms with Crippen molar-refractivity contribution in [3.05, 3.63) is 112 Å². The van der Waals surface area contributed by atoms with Crippen LogP contribution in [-0.2, 0) is 19.1 Å². The SMILES string of the molecule is CCC1=C(CCOS(=O)(=O)c2ccc(C)cc2)C(=O)N(c2ccc(C)cc2)/C1=C/c1ccccc1. The molecule has 3 aromatic carbocycles. The first-order valence-corrected chi connectivity index (χ1v) is 13.1. The lowest BCUT2D eigenvalue weighted by Gasteiger charge is -2.20. The van der Waals surface area contributed by atoms with Gasteiger partial charge in [0, 0.05) is 17.7 Å². The van der Waals surface area contributed by atoms with Gasteiger partial charge in [0.1, 0.15) is 0 Å². The van der Waals surface area contributed by atoms with Crippen molar-refractivity contribution in [2.75, 3.05) is 11.5 Å². The molecule has 0 fully saturated rings. The molecule has 1 aliphatic rings. The molecule has 0 atom stereocenters. The van der Waals surface area contributed by atoms with Crippen molar-refractivity contribution in [1.29, 1.82) is 0 Å². The highest BCUT2D eigenvalue weighted by Gasteiger charge is 2.35. The van der Waals surface area contributed by atoms with E-state index in [4.69, 9.17) is 4.18 Å². The van der Waals surface area contributed by atoms with Gasteiger partial charge in [-0.1, -0.05) is 72.6 Å². The zero-order valence-corrected chi connectivity index (χ0v) is 21.0. The second kappa shape index (κ2) is 10.4. The molecule has 0 saturated heterocycles. The Bertz CT molecular complexity index is 1370. The van der Waals surface area contributed by atoms with Gasteiger partial charge in [0.05, 0.1) is 17.2 Å². The zero-order valence-electron chi connectivity index (χ0n) is 20.2. The molecule has 180 valence electrons. The number of amides is 1. The number of hydrogen-bond acceptors (Lipinski definition) is 4. The number of allylic oxidation sites excluding steroid dienone is 1. The van der Waals surface area contributed by atoms with Crippen molar-refractivity contribution < 1.29 is 17.4 Å². The van der Waals surface area contributed by atoms with E-state index in [-0.39, 0.29) is 23.8 Å². The molecule has 35 heavy (non-hydrogen) atoms. The van der Waals surface area contributed by atoms with Crippen molar-refractivity contribution in [2.24, 2.45) is 0 Å². The first kappa shape index (κ1) is 24.6. The normalized spacial score (nSPS) is 15.3. The number of aryl methyl sites for hydroxylation is 2. The molecule has 0 saturated carbocycles. The van der Waals surface area contributed by atoms with Gasteiger partial charge < -0.3 is 0 Å². The van der Waals surface area contributed by atoms with Crippen LogP contribution in [0.3, 0.4) is 0 Å². The maximum Gasteiger partial charge on any atom is 0.296 e. The lowest BCUT2D eigenvalue weighted by molar-refractivity contribution is -0.114. The second-order valence-electron chi connectivity index (χ2n) is 8.57. The summed E-state index contributed by atoms with van der Waals surface area (Å²) in [7, 11) is -3.91. The molecule has 1 amide bonds. The Kier molecular flexibility index (Phi) is 7.34. The van der Waals surface area contributed by atoms with Crippen LogP contribution in [0.2, 0.25) is 0 Å². The highest BCUT2D eigenvalue weighted by atomic mass is 32.2. The summed E-state index contributed by atoms with van der Waals surface area (Å²) in [5, 5.41) is 0. The Hall–Kier alpha value is -3.48. The minimum atomic E-state index is -3.91. The van der Waals surface area contributed by atoms with Crippen molar-refractivity contribution in [3.63, 3.8) is 0 Å². The topological polar surface area (TPSA) is 63.7 Å². The molecule has 6 heteroatoms. The highest BCUT2D eigenvalue weighted by molar-refractivity contribution is 7.86. The van der Waals surface area contributed by atoms with E-state index in [2.05, 4.69) is 0 Å². The average molecular weight is 488 g/mol. The zero-order chi connectivity index (χ0) is 25.0. The largest absolute Gasteiger partial charge is 0.296 e. The van der Waals surface area contributed by atoms with Crippen LogP contribution in [0.1, 0.15) is 36.5 Å². The molecule has 0 bridgehead atoms. The second-order valence-corrected chi connectivity index (χ2v) is 10.2. The Balaban J connectivity index is 1.64. The van der Waals surface area contributed by atoms with Gasteiger partial charge in [-0.25, -0.2) is 0 Å². The van der Waals surface area contributed by atoms with Crippen LogP contribution in [0.15, 0.2) is 101 Å². The molecule has 1 heterocycles. The first-order valence-electron chi connectivity index (χ1n) is 11.7. The number of nitrogens with zero attached hydrogens (tertiary/aromatic N) is 1. The Morgan fingerprint density at radius 3 is 2.03 bits per heavy atom. The van der Waals surface area contributed by atoms with Crippen LogP contribution in [-0.4, -0.2) is 20.9 Å². The molecule has 3 aromatic rings. The molecule has 0 aromatic heterocycles. The van der Waals surface area contributed by atoms with Crippen molar-refractivity contribution >= 4 is 27.8 Å². The minimum Gasteiger partial charge on any atom is -0.277 e. The van der Waals surface area contributed by atoms with Gasteiger partial charge in [-0.05, 0) is 61.7 Å². The van der Waals surface area contributed by atoms with Gasteiger partial charge in [-0.15, -0.1) is 0 Å². The van der Waals surface area contributed by atoms with Gasteiger partial charge in [0.2, 0.25) is 0 Å². The summed E-state index contributed by atoms with van der Waals surface area (Å²) in [5.41, 5.74) is 6.11. The van der Waals surface area contributed by atoms with E-state index >= 15 is 0 Å². The average Bonchev–Trinajstić information content (AvgIpc) is 3.10. The Morgan fingerprint density at radius 2 is 1.43 bits per heavy atom. The van der Waals surface area contributed by atoms with Crippen LogP contribution < -0.4 is 4.90 Å². The van der Waals surface area contributed by atoms with Gasteiger partial charge in [0.25, 0.3) is 16.0 Å². The number of hydrogen-bond donors (Lipinski definition) is 0. The van der Waals surface area contributed by atoms with E-state index in [9.17, 15) is 13.2 Å². The quantitative estimate of drug-likeness (QED) is 0.355. The number of anilines is 1. The molecular weight excluding hydrogens is 458 g/mol. The standard InChI is InChI=1S/C29H29NO4S/c1-4-26-27(18-19-34-35(32,33)25-16-12-22(3)13-17-25)29(31)30(24-14-10-21(2)11-15-24)28(26)20-23-8-6-5-7-9-23/h5-17,20H,4,18-19H2,1-3H3/b28-20+. The predicted molar refractivity (Wildman–Crippen MR) is 139 cm³/mol. The van der Waals surface area contributed by atoms with Crippen LogP contribution in [0, 0.1) is 13.8 Å². The monoisotopic (exact) mass is 487 g/mol. The fourth-order valence-electron chi connectivity index (χ4n) is 4.15. The van der Waals surface area contributed by atoms with Gasteiger partial charge in [-0.2, -0.15) is 8.42 Å². The summed E-state index contributed by atoms with van der Waals surface area (Å²) >= 11 is 0. The Morgan fingerprint density at radius 1 is 0.829 bits per heavy atom. The van der Waals surface area contributed by atoms with Crippen LogP contribution in [0.4, 0.5) is 5.69 Å². The third-order valence-corrected chi connectivity index (χ3v) is 7.35. The lowest BCUT2D eigenvalue weighted by atomic mass is 10.0. The number of carbonyl (C=O) groups is 1. The van der Waals surface area contributed by atoms with Gasteiger partial charge >= 0.3 is 0 Å². The van der Waals surface area contributed by atoms with Crippen molar-refractivity contribution in [3.8, 4) is 0 Å². The molecule has 0 radical (unpaired) electrons. The van der Waals surface area contributed by atoms with E-state index < -0.39 is 10.1 Å². The highest BCUT2D eigenvalue weighted by Crippen LogP contribution is 2.38. The smallest absolute Gasteiger partial charge is 0.277 e. The molecule has 4 rings (SSSR count). The van der Waals surface area contributed by atoms with E-state index in [0.29, 0.717) is 12.0 Å². The summed E-state index contributed by atoms with van der Waals surface area (Å²) in [6, 6.07) is 24.2. The third-order valence-electron chi connectivity index (χ3n) is 6.02. The fourth-order valence-corrected chi connectivity index (χ4v) is 5.06. The number of rotatable bonds is 8. The van der Waals surface area contributed by atoms with E-state index in [1.54, 1.807) is 17.0 Å². The van der Waals surface area contributed by atoms with Crippen molar-refractivity contribution in [2.45, 2.75) is 38.5 Å². The molecular formula is C29H29NO4S. The summed E-state index contributed by atoms with van der Waals surface area (Å²) in [6.07, 6.45) is 2.84. The van der Waals surface area contributed by atoms with Crippen molar-refractivity contribution in [1.82, 2.24) is 0 Å². The molecule has 0 aliphatic carbocycles. The minimum absolute atomic E-state index is 0.108.